The Morgan fingerprint density at radius 1 is 1.08 bits per heavy atom. The first kappa shape index (κ1) is 29.4. The van der Waals surface area contributed by atoms with Crippen molar-refractivity contribution in [1.29, 1.82) is 0 Å². The van der Waals surface area contributed by atoms with Gasteiger partial charge in [-0.05, 0) is 68.7 Å². The second-order valence-corrected chi connectivity index (χ2v) is 11.0. The van der Waals surface area contributed by atoms with Gasteiger partial charge < -0.3 is 10.2 Å². The van der Waals surface area contributed by atoms with Crippen LogP contribution in [0.4, 0.5) is 4.39 Å². The number of amides is 1. The number of benzene rings is 2. The van der Waals surface area contributed by atoms with Crippen molar-refractivity contribution in [2.24, 2.45) is 7.05 Å². The number of aromatic nitrogens is 3. The lowest BCUT2D eigenvalue weighted by Crippen LogP contribution is -2.33. The van der Waals surface area contributed by atoms with Crippen molar-refractivity contribution in [3.05, 3.63) is 83.2 Å². The Kier molecular flexibility index (Phi) is 10.9. The number of carbonyl (C=O) groups is 1. The molecule has 11 heteroatoms. The van der Waals surface area contributed by atoms with Crippen LogP contribution in [0.1, 0.15) is 60.3 Å². The molecule has 0 saturated heterocycles. The zero-order valence-corrected chi connectivity index (χ0v) is 23.0. The zero-order chi connectivity index (χ0) is 27.5. The fourth-order valence-electron chi connectivity index (χ4n) is 4.09. The Balaban J connectivity index is 1.71. The minimum absolute atomic E-state index is 0.0127. The predicted octanol–water partition coefficient (Wildman–Crippen LogP) is 3.21. The molecule has 1 heterocycles. The van der Waals surface area contributed by atoms with Crippen molar-refractivity contribution in [1.82, 2.24) is 29.7 Å². The molecular formula is C27H37FN6O3S. The van der Waals surface area contributed by atoms with E-state index in [1.165, 1.54) is 28.9 Å². The van der Waals surface area contributed by atoms with Crippen LogP contribution in [-0.4, -0.2) is 59.4 Å². The van der Waals surface area contributed by atoms with Crippen molar-refractivity contribution in [3.8, 4) is 0 Å². The summed E-state index contributed by atoms with van der Waals surface area (Å²) in [4.78, 5) is 19.2. The van der Waals surface area contributed by atoms with Crippen LogP contribution in [0.2, 0.25) is 0 Å². The van der Waals surface area contributed by atoms with Crippen LogP contribution in [0, 0.1) is 5.82 Å². The molecule has 0 saturated carbocycles. The minimum atomic E-state index is -3.58. The van der Waals surface area contributed by atoms with E-state index >= 15 is 0 Å². The number of hydrogen-bond acceptors (Lipinski definition) is 6. The number of nitrogens with one attached hydrogen (secondary N) is 2. The van der Waals surface area contributed by atoms with Crippen LogP contribution in [-0.2, 0) is 30.0 Å². The first-order valence-corrected chi connectivity index (χ1v) is 14.6. The molecule has 0 aliphatic rings. The summed E-state index contributed by atoms with van der Waals surface area (Å²) in [6.07, 6.45) is 1.64. The van der Waals surface area contributed by atoms with Crippen LogP contribution >= 0.6 is 0 Å². The van der Waals surface area contributed by atoms with Gasteiger partial charge in [0.25, 0.3) is 5.91 Å². The zero-order valence-electron chi connectivity index (χ0n) is 22.2. The molecule has 0 fully saturated rings. The largest absolute Gasteiger partial charge is 0.345 e. The predicted molar refractivity (Wildman–Crippen MR) is 145 cm³/mol. The molecule has 38 heavy (non-hydrogen) atoms. The van der Waals surface area contributed by atoms with E-state index in [2.05, 4.69) is 38.9 Å². The first-order valence-electron chi connectivity index (χ1n) is 12.9. The Bertz CT molecular complexity index is 1260. The molecule has 2 N–H and O–H groups in total. The number of sulfonamides is 1. The van der Waals surface area contributed by atoms with Gasteiger partial charge in [0.15, 0.2) is 5.82 Å². The van der Waals surface area contributed by atoms with Gasteiger partial charge in [0.1, 0.15) is 11.6 Å². The van der Waals surface area contributed by atoms with Crippen molar-refractivity contribution in [3.63, 3.8) is 0 Å². The third-order valence-electron chi connectivity index (χ3n) is 6.36. The summed E-state index contributed by atoms with van der Waals surface area (Å²) in [7, 11) is -1.88. The van der Waals surface area contributed by atoms with Gasteiger partial charge in [-0.2, -0.15) is 5.10 Å². The number of rotatable bonds is 15. The van der Waals surface area contributed by atoms with E-state index in [-0.39, 0.29) is 18.2 Å². The van der Waals surface area contributed by atoms with Gasteiger partial charge in [-0.15, -0.1) is 0 Å². The Morgan fingerprint density at radius 2 is 1.76 bits per heavy atom. The molecule has 0 bridgehead atoms. The lowest BCUT2D eigenvalue weighted by atomic mass is 10.1. The van der Waals surface area contributed by atoms with E-state index in [0.29, 0.717) is 43.0 Å². The maximum atomic E-state index is 13.2. The van der Waals surface area contributed by atoms with Crippen LogP contribution in [0.25, 0.3) is 0 Å². The molecule has 0 aliphatic carbocycles. The van der Waals surface area contributed by atoms with Crippen LogP contribution in [0.5, 0.6) is 0 Å². The molecule has 1 atom stereocenters. The molecule has 9 nitrogen and oxygen atoms in total. The fourth-order valence-corrected chi connectivity index (χ4v) is 5.38. The molecule has 0 radical (unpaired) electrons. The fraction of sp³-hybridized carbons (Fsp3) is 0.444. The summed E-state index contributed by atoms with van der Waals surface area (Å²) in [5.41, 5.74) is 1.41. The molecule has 0 spiro atoms. The van der Waals surface area contributed by atoms with Gasteiger partial charge in [-0.25, -0.2) is 22.5 Å². The number of halogens is 1. The van der Waals surface area contributed by atoms with E-state index in [1.807, 2.05) is 30.3 Å². The highest BCUT2D eigenvalue weighted by Gasteiger charge is 2.24. The summed E-state index contributed by atoms with van der Waals surface area (Å²) >= 11 is 0. The quantitative estimate of drug-likeness (QED) is 0.304. The highest BCUT2D eigenvalue weighted by molar-refractivity contribution is 7.89. The monoisotopic (exact) mass is 544 g/mol. The minimum Gasteiger partial charge on any atom is -0.345 e. The van der Waals surface area contributed by atoms with E-state index in [1.54, 1.807) is 7.05 Å². The average molecular weight is 545 g/mol. The second kappa shape index (κ2) is 14.1. The maximum absolute atomic E-state index is 13.2. The van der Waals surface area contributed by atoms with E-state index in [0.717, 1.165) is 18.7 Å². The van der Waals surface area contributed by atoms with Gasteiger partial charge in [0.2, 0.25) is 10.0 Å². The van der Waals surface area contributed by atoms with Gasteiger partial charge >= 0.3 is 0 Å². The van der Waals surface area contributed by atoms with Gasteiger partial charge in [-0.3, -0.25) is 9.48 Å². The summed E-state index contributed by atoms with van der Waals surface area (Å²) in [5, 5.41) is 7.23. The van der Waals surface area contributed by atoms with Gasteiger partial charge in [0, 0.05) is 12.6 Å². The first-order chi connectivity index (χ1) is 18.2. The highest BCUT2D eigenvalue weighted by atomic mass is 32.2. The normalized spacial score (nSPS) is 12.6. The molecule has 2 aromatic carbocycles. The lowest BCUT2D eigenvalue weighted by molar-refractivity contribution is 0.0949. The van der Waals surface area contributed by atoms with Crippen molar-refractivity contribution < 1.29 is 17.6 Å². The third-order valence-corrected chi connectivity index (χ3v) is 7.83. The van der Waals surface area contributed by atoms with Crippen molar-refractivity contribution in [2.75, 3.05) is 25.4 Å². The molecule has 3 aromatic rings. The topological polar surface area (TPSA) is 109 Å². The maximum Gasteiger partial charge on any atom is 0.251 e. The molecule has 1 aromatic heterocycles. The van der Waals surface area contributed by atoms with E-state index in [4.69, 9.17) is 0 Å². The van der Waals surface area contributed by atoms with Crippen LogP contribution < -0.4 is 10.0 Å². The molecule has 3 rings (SSSR count). The summed E-state index contributed by atoms with van der Waals surface area (Å²) in [5.74, 6) is 0.0435. The summed E-state index contributed by atoms with van der Waals surface area (Å²) in [6, 6.07) is 14.5. The van der Waals surface area contributed by atoms with E-state index < -0.39 is 21.9 Å². The van der Waals surface area contributed by atoms with Crippen LogP contribution in [0.15, 0.2) is 54.6 Å². The van der Waals surface area contributed by atoms with E-state index in [9.17, 15) is 17.6 Å². The van der Waals surface area contributed by atoms with Gasteiger partial charge in [0.05, 0.1) is 18.3 Å². The number of carbonyl (C=O) groups excluding carboxylic acids is 1. The third kappa shape index (κ3) is 9.00. The smallest absolute Gasteiger partial charge is 0.251 e. The molecular weight excluding hydrogens is 507 g/mol. The Morgan fingerprint density at radius 3 is 2.42 bits per heavy atom. The molecule has 0 unspecified atom stereocenters. The molecule has 0 aliphatic heterocycles. The van der Waals surface area contributed by atoms with Gasteiger partial charge in [-0.1, -0.05) is 44.2 Å². The average Bonchev–Trinajstić information content (AvgIpc) is 3.28. The number of aryl methyl sites for hydroxylation is 2. The summed E-state index contributed by atoms with van der Waals surface area (Å²) < 4.78 is 43.5. The Labute approximate surface area is 224 Å². The van der Waals surface area contributed by atoms with Crippen LogP contribution in [0.3, 0.4) is 0 Å². The lowest BCUT2D eigenvalue weighted by Gasteiger charge is -2.19. The number of hydrogen-bond donors (Lipinski definition) is 2. The SMILES string of the molecule is CCN(CC)CCCS(=O)(=O)N[C@H](CCc1ccccc1)c1nc(CNC(=O)c2ccc(F)cc2)n(C)n1. The molecule has 206 valence electrons. The van der Waals surface area contributed by atoms with Crippen molar-refractivity contribution >= 4 is 15.9 Å². The standard InChI is InChI=1S/C27H37FN6O3S/c1-4-34(5-2)18-9-19-38(36,37)32-24(17-12-21-10-7-6-8-11-21)26-30-25(33(3)31-26)20-29-27(35)22-13-15-23(28)16-14-22/h6-8,10-11,13-16,24,32H,4-5,9,12,17-20H2,1-3H3,(H,29,35)/t24-/m1/s1. The van der Waals surface area contributed by atoms with Crippen molar-refractivity contribution in [2.45, 2.75) is 45.7 Å². The highest BCUT2D eigenvalue weighted by Crippen LogP contribution is 2.19. The second-order valence-electron chi connectivity index (χ2n) is 9.09. The Hall–Kier alpha value is -3.15. The molecule has 1 amide bonds. The summed E-state index contributed by atoms with van der Waals surface area (Å²) in [6.45, 7) is 6.67. The number of nitrogens with zero attached hydrogens (tertiary/aromatic N) is 4.